The van der Waals surface area contributed by atoms with E-state index in [1.165, 1.54) is 12.1 Å². The molecule has 21 heavy (non-hydrogen) atoms. The second-order valence-corrected chi connectivity index (χ2v) is 5.67. The lowest BCUT2D eigenvalue weighted by molar-refractivity contribution is 0.624. The maximum atomic E-state index is 13.1. The van der Waals surface area contributed by atoms with E-state index in [2.05, 4.69) is 27.1 Å². The van der Waals surface area contributed by atoms with Gasteiger partial charge in [-0.2, -0.15) is 10.4 Å². The number of hydrogen-bond donors (Lipinski definition) is 0. The van der Waals surface area contributed by atoms with E-state index in [1.807, 2.05) is 17.1 Å². The predicted octanol–water partition coefficient (Wildman–Crippen LogP) is 4.36. The molecule has 0 aromatic heterocycles. The van der Waals surface area contributed by atoms with Gasteiger partial charge in [0.2, 0.25) is 0 Å². The number of halogens is 2. The molecule has 2 aromatic carbocycles. The van der Waals surface area contributed by atoms with E-state index in [1.54, 1.807) is 24.3 Å². The molecule has 0 fully saturated rings. The average Bonchev–Trinajstić information content (AvgIpc) is 2.90. The Morgan fingerprint density at radius 2 is 1.81 bits per heavy atom. The van der Waals surface area contributed by atoms with Gasteiger partial charge in [0.15, 0.2) is 0 Å². The lowest BCUT2D eigenvalue weighted by atomic mass is 10.0. The molecule has 3 nitrogen and oxygen atoms in total. The molecule has 0 N–H and O–H groups in total. The van der Waals surface area contributed by atoms with Crippen LogP contribution in [0.2, 0.25) is 0 Å². The summed E-state index contributed by atoms with van der Waals surface area (Å²) in [5, 5.41) is 15.2. The Bertz CT molecular complexity index is 717. The van der Waals surface area contributed by atoms with Crippen LogP contribution in [0.4, 0.5) is 10.1 Å². The molecule has 104 valence electrons. The van der Waals surface area contributed by atoms with Gasteiger partial charge in [0, 0.05) is 6.42 Å². The summed E-state index contributed by atoms with van der Waals surface area (Å²) >= 11 is 3.44. The lowest BCUT2D eigenvalue weighted by Gasteiger charge is -2.24. The zero-order chi connectivity index (χ0) is 14.8. The Labute approximate surface area is 130 Å². The molecule has 0 saturated heterocycles. The molecule has 0 aliphatic carbocycles. The maximum absolute atomic E-state index is 13.1. The summed E-state index contributed by atoms with van der Waals surface area (Å²) in [6, 6.07) is 15.8. The first kappa shape index (κ1) is 13.8. The van der Waals surface area contributed by atoms with Gasteiger partial charge in [-0.25, -0.2) is 4.39 Å². The Morgan fingerprint density at radius 3 is 2.43 bits per heavy atom. The minimum absolute atomic E-state index is 0.0212. The first-order valence-electron chi connectivity index (χ1n) is 6.45. The molecule has 2 aromatic rings. The first-order valence-corrected chi connectivity index (χ1v) is 7.24. The third-order valence-corrected chi connectivity index (χ3v) is 3.87. The Morgan fingerprint density at radius 1 is 1.14 bits per heavy atom. The molecule has 1 heterocycles. The van der Waals surface area contributed by atoms with E-state index in [0.29, 0.717) is 5.56 Å². The Hall–Kier alpha value is -2.19. The number of hydrazone groups is 1. The molecule has 0 spiro atoms. The summed E-state index contributed by atoms with van der Waals surface area (Å²) in [5.74, 6) is -0.248. The fraction of sp³-hybridized carbons (Fsp3) is 0.125. The van der Waals surface area contributed by atoms with Gasteiger partial charge in [-0.15, -0.1) is 0 Å². The van der Waals surface area contributed by atoms with E-state index in [9.17, 15) is 4.39 Å². The maximum Gasteiger partial charge on any atom is 0.123 e. The van der Waals surface area contributed by atoms with Gasteiger partial charge in [0.25, 0.3) is 0 Å². The third kappa shape index (κ3) is 2.81. The van der Waals surface area contributed by atoms with Crippen molar-refractivity contribution in [3.05, 3.63) is 65.5 Å². The van der Waals surface area contributed by atoms with Crippen LogP contribution in [0.25, 0.3) is 0 Å². The van der Waals surface area contributed by atoms with Crippen molar-refractivity contribution in [2.24, 2.45) is 5.10 Å². The largest absolute Gasteiger partial charge is 0.257 e. The summed E-state index contributed by atoms with van der Waals surface area (Å²) in [6.45, 7) is 0. The number of hydrogen-bond acceptors (Lipinski definition) is 3. The van der Waals surface area contributed by atoms with Crippen LogP contribution in [-0.2, 0) is 0 Å². The smallest absolute Gasteiger partial charge is 0.123 e. The molecule has 1 atom stereocenters. The fourth-order valence-corrected chi connectivity index (χ4v) is 2.82. The van der Waals surface area contributed by atoms with Gasteiger partial charge < -0.3 is 0 Å². The third-order valence-electron chi connectivity index (χ3n) is 3.39. The standard InChI is InChI=1S/C16H11BrFN3/c17-16-9-15(12-3-5-13(18)6-4-12)21(20-16)14-7-1-11(10-19)2-8-14/h1-8,15H,9H2/t15-/m1/s1. The highest BCUT2D eigenvalue weighted by Crippen LogP contribution is 2.36. The predicted molar refractivity (Wildman–Crippen MR) is 83.8 cm³/mol. The molecule has 1 aliphatic rings. The Balaban J connectivity index is 1.94. The van der Waals surface area contributed by atoms with Crippen LogP contribution in [0.15, 0.2) is 53.6 Å². The van der Waals surface area contributed by atoms with Crippen LogP contribution in [0.3, 0.4) is 0 Å². The number of nitriles is 1. The van der Waals surface area contributed by atoms with Crippen molar-refractivity contribution >= 4 is 26.2 Å². The number of benzene rings is 2. The molecule has 3 rings (SSSR count). The number of rotatable bonds is 2. The van der Waals surface area contributed by atoms with Gasteiger partial charge >= 0.3 is 0 Å². The molecule has 0 bridgehead atoms. The molecule has 0 amide bonds. The van der Waals surface area contributed by atoms with Crippen molar-refractivity contribution in [1.29, 1.82) is 5.26 Å². The highest BCUT2D eigenvalue weighted by atomic mass is 79.9. The molecule has 0 saturated carbocycles. The second kappa shape index (κ2) is 5.66. The first-order chi connectivity index (χ1) is 10.2. The average molecular weight is 344 g/mol. The number of nitrogens with zero attached hydrogens (tertiary/aromatic N) is 3. The summed E-state index contributed by atoms with van der Waals surface area (Å²) in [4.78, 5) is 0. The molecular formula is C16H11BrFN3. The van der Waals surface area contributed by atoms with Crippen LogP contribution >= 0.6 is 15.9 Å². The van der Waals surface area contributed by atoms with E-state index >= 15 is 0 Å². The van der Waals surface area contributed by atoms with Crippen LogP contribution in [-0.4, -0.2) is 4.62 Å². The fourth-order valence-electron chi connectivity index (χ4n) is 2.34. The van der Waals surface area contributed by atoms with Gasteiger partial charge in [-0.1, -0.05) is 12.1 Å². The van der Waals surface area contributed by atoms with Gasteiger partial charge in [0.1, 0.15) is 10.4 Å². The zero-order valence-corrected chi connectivity index (χ0v) is 12.6. The van der Waals surface area contributed by atoms with E-state index in [0.717, 1.165) is 22.3 Å². The van der Waals surface area contributed by atoms with Crippen LogP contribution in [0.1, 0.15) is 23.6 Å². The van der Waals surface area contributed by atoms with E-state index < -0.39 is 0 Å². The van der Waals surface area contributed by atoms with Crippen molar-refractivity contribution in [1.82, 2.24) is 0 Å². The Kier molecular flexibility index (Phi) is 3.72. The molecule has 1 aliphatic heterocycles. The highest BCUT2D eigenvalue weighted by molar-refractivity contribution is 9.18. The SMILES string of the molecule is N#Cc1ccc(N2N=C(Br)C[C@@H]2c2ccc(F)cc2)cc1. The van der Waals surface area contributed by atoms with Gasteiger partial charge in [0.05, 0.1) is 23.4 Å². The molecular weight excluding hydrogens is 333 g/mol. The van der Waals surface area contributed by atoms with Gasteiger partial charge in [-0.3, -0.25) is 5.01 Å². The topological polar surface area (TPSA) is 39.4 Å². The minimum atomic E-state index is -0.248. The van der Waals surface area contributed by atoms with Crippen LogP contribution < -0.4 is 5.01 Å². The van der Waals surface area contributed by atoms with Crippen molar-refractivity contribution < 1.29 is 4.39 Å². The summed E-state index contributed by atoms with van der Waals surface area (Å²) in [6.07, 6.45) is 0.728. The van der Waals surface area contributed by atoms with Crippen molar-refractivity contribution in [3.63, 3.8) is 0 Å². The quantitative estimate of drug-likeness (QED) is 0.812. The van der Waals surface area contributed by atoms with E-state index in [4.69, 9.17) is 5.26 Å². The minimum Gasteiger partial charge on any atom is -0.257 e. The van der Waals surface area contributed by atoms with Crippen molar-refractivity contribution in [2.75, 3.05) is 5.01 Å². The summed E-state index contributed by atoms with van der Waals surface area (Å²) < 4.78 is 13.9. The van der Waals surface area contributed by atoms with Crippen molar-refractivity contribution in [2.45, 2.75) is 12.5 Å². The normalized spacial score (nSPS) is 17.5. The highest BCUT2D eigenvalue weighted by Gasteiger charge is 2.28. The number of anilines is 1. The van der Waals surface area contributed by atoms with Crippen LogP contribution in [0.5, 0.6) is 0 Å². The summed E-state index contributed by atoms with van der Waals surface area (Å²) in [5.41, 5.74) is 2.51. The lowest BCUT2D eigenvalue weighted by Crippen LogP contribution is -2.18. The van der Waals surface area contributed by atoms with Crippen molar-refractivity contribution in [3.8, 4) is 6.07 Å². The molecule has 0 radical (unpaired) electrons. The zero-order valence-electron chi connectivity index (χ0n) is 11.0. The van der Waals surface area contributed by atoms with Gasteiger partial charge in [-0.05, 0) is 57.9 Å². The van der Waals surface area contributed by atoms with E-state index in [-0.39, 0.29) is 11.9 Å². The monoisotopic (exact) mass is 343 g/mol. The summed E-state index contributed by atoms with van der Waals surface area (Å²) in [7, 11) is 0. The van der Waals surface area contributed by atoms with Crippen LogP contribution in [0, 0.1) is 17.1 Å². The molecule has 5 heteroatoms. The molecule has 0 unspecified atom stereocenters. The second-order valence-electron chi connectivity index (χ2n) is 4.75.